The molecule has 0 aliphatic heterocycles. The van der Waals surface area contributed by atoms with E-state index in [0.717, 1.165) is 29.7 Å². The van der Waals surface area contributed by atoms with Gasteiger partial charge in [-0.1, -0.05) is 52.0 Å². The number of para-hydroxylation sites is 1. The third kappa shape index (κ3) is 5.59. The number of rotatable bonds is 8. The molecule has 2 amide bonds. The van der Waals surface area contributed by atoms with Crippen molar-refractivity contribution < 1.29 is 14.3 Å². The maximum Gasteiger partial charge on any atom is 0.262 e. The van der Waals surface area contributed by atoms with Gasteiger partial charge in [-0.05, 0) is 54.0 Å². The van der Waals surface area contributed by atoms with Crippen molar-refractivity contribution in [2.24, 2.45) is 0 Å². The Kier molecular flexibility index (Phi) is 6.57. The van der Waals surface area contributed by atoms with Gasteiger partial charge in [0.05, 0.1) is 0 Å². The summed E-state index contributed by atoms with van der Waals surface area (Å²) in [6.07, 6.45) is 2.08. The molecule has 1 saturated carbocycles. The molecule has 2 aromatic rings. The summed E-state index contributed by atoms with van der Waals surface area (Å²) in [5, 5.41) is 6.00. The van der Waals surface area contributed by atoms with Crippen molar-refractivity contribution in [1.29, 1.82) is 0 Å². The van der Waals surface area contributed by atoms with E-state index in [4.69, 9.17) is 4.74 Å². The molecule has 0 heterocycles. The van der Waals surface area contributed by atoms with Crippen molar-refractivity contribution in [2.75, 3.05) is 11.9 Å². The molecule has 0 unspecified atom stereocenters. The molecule has 2 N–H and O–H groups in total. The molecule has 3 rings (SSSR count). The molecule has 0 saturated heterocycles. The van der Waals surface area contributed by atoms with Gasteiger partial charge < -0.3 is 15.4 Å². The summed E-state index contributed by atoms with van der Waals surface area (Å²) in [5.74, 6) is 0.783. The van der Waals surface area contributed by atoms with Gasteiger partial charge in [0.25, 0.3) is 11.8 Å². The Morgan fingerprint density at radius 3 is 2.21 bits per heavy atom. The first-order valence-corrected chi connectivity index (χ1v) is 10.3. The number of hydrogen-bond donors (Lipinski definition) is 2. The molecule has 1 fully saturated rings. The van der Waals surface area contributed by atoms with Crippen molar-refractivity contribution in [3.05, 3.63) is 59.2 Å². The molecule has 2 aromatic carbocycles. The van der Waals surface area contributed by atoms with E-state index in [1.54, 1.807) is 24.3 Å². The summed E-state index contributed by atoms with van der Waals surface area (Å²) in [7, 11) is 0. The van der Waals surface area contributed by atoms with Crippen LogP contribution in [-0.2, 0) is 4.79 Å². The Labute approximate surface area is 172 Å². The monoisotopic (exact) mass is 394 g/mol. The number of ether oxygens (including phenoxy) is 1. The van der Waals surface area contributed by atoms with Gasteiger partial charge in [0.2, 0.25) is 0 Å². The third-order valence-electron chi connectivity index (χ3n) is 5.02. The van der Waals surface area contributed by atoms with Crippen LogP contribution in [-0.4, -0.2) is 24.5 Å². The first kappa shape index (κ1) is 20.9. The number of carbonyl (C=O) groups excluding carboxylic acids is 2. The molecule has 5 nitrogen and oxygen atoms in total. The summed E-state index contributed by atoms with van der Waals surface area (Å²) in [6.45, 7) is 8.35. The van der Waals surface area contributed by atoms with Gasteiger partial charge in [0.15, 0.2) is 6.61 Å². The van der Waals surface area contributed by atoms with E-state index in [1.165, 1.54) is 0 Å². The zero-order valence-corrected chi connectivity index (χ0v) is 17.6. The van der Waals surface area contributed by atoms with Crippen molar-refractivity contribution in [1.82, 2.24) is 5.32 Å². The van der Waals surface area contributed by atoms with Gasteiger partial charge in [-0.25, -0.2) is 0 Å². The van der Waals surface area contributed by atoms with E-state index in [0.29, 0.717) is 29.2 Å². The minimum Gasteiger partial charge on any atom is -0.484 e. The largest absolute Gasteiger partial charge is 0.484 e. The van der Waals surface area contributed by atoms with Crippen molar-refractivity contribution in [3.63, 3.8) is 0 Å². The number of hydrogen-bond acceptors (Lipinski definition) is 3. The number of nitrogens with one attached hydrogen (secondary N) is 2. The summed E-state index contributed by atoms with van der Waals surface area (Å²) < 4.78 is 5.66. The Hall–Kier alpha value is -2.82. The SMILES string of the molecule is CC(C)c1cccc(C(C)C)c1NC(=O)COc1cccc(C(=O)NC2CC2)c1. The topological polar surface area (TPSA) is 67.4 Å². The fourth-order valence-electron chi connectivity index (χ4n) is 3.24. The zero-order valence-electron chi connectivity index (χ0n) is 17.6. The highest BCUT2D eigenvalue weighted by Crippen LogP contribution is 2.32. The molecule has 154 valence electrons. The highest BCUT2D eigenvalue weighted by Gasteiger charge is 2.24. The lowest BCUT2D eigenvalue weighted by atomic mass is 9.92. The fourth-order valence-corrected chi connectivity index (χ4v) is 3.24. The molecule has 0 bridgehead atoms. The fraction of sp³-hybridized carbons (Fsp3) is 0.417. The second kappa shape index (κ2) is 9.12. The number of anilines is 1. The first-order chi connectivity index (χ1) is 13.8. The van der Waals surface area contributed by atoms with Crippen molar-refractivity contribution in [3.8, 4) is 5.75 Å². The maximum atomic E-state index is 12.6. The van der Waals surface area contributed by atoms with Crippen molar-refractivity contribution >= 4 is 17.5 Å². The average molecular weight is 395 g/mol. The van der Waals surface area contributed by atoms with E-state index in [1.807, 2.05) is 6.07 Å². The van der Waals surface area contributed by atoms with Crippen LogP contribution in [0.2, 0.25) is 0 Å². The van der Waals surface area contributed by atoms with E-state index in [-0.39, 0.29) is 18.4 Å². The minimum atomic E-state index is -0.215. The van der Waals surface area contributed by atoms with E-state index < -0.39 is 0 Å². The van der Waals surface area contributed by atoms with Crippen LogP contribution in [0, 0.1) is 0 Å². The van der Waals surface area contributed by atoms with Crippen LogP contribution in [0.3, 0.4) is 0 Å². The summed E-state index contributed by atoms with van der Waals surface area (Å²) >= 11 is 0. The second-order valence-corrected chi connectivity index (χ2v) is 8.23. The quantitative estimate of drug-likeness (QED) is 0.673. The standard InChI is InChI=1S/C24H30N2O3/c1-15(2)20-9-6-10-21(16(3)4)23(20)26-22(27)14-29-19-8-5-7-17(13-19)24(28)25-18-11-12-18/h5-10,13,15-16,18H,11-12,14H2,1-4H3,(H,25,28)(H,26,27). The molecule has 0 atom stereocenters. The number of benzene rings is 2. The van der Waals surface area contributed by atoms with E-state index in [2.05, 4.69) is 50.5 Å². The van der Waals surface area contributed by atoms with Gasteiger partial charge in [0, 0.05) is 17.3 Å². The van der Waals surface area contributed by atoms with Crippen LogP contribution in [0.25, 0.3) is 0 Å². The number of carbonyl (C=O) groups is 2. The molecule has 1 aliphatic rings. The first-order valence-electron chi connectivity index (χ1n) is 10.3. The molecular weight excluding hydrogens is 364 g/mol. The predicted molar refractivity (Wildman–Crippen MR) is 116 cm³/mol. The molecule has 29 heavy (non-hydrogen) atoms. The molecular formula is C24H30N2O3. The summed E-state index contributed by atoms with van der Waals surface area (Å²) in [4.78, 5) is 24.8. The predicted octanol–water partition coefficient (Wildman–Crippen LogP) is 4.84. The Morgan fingerprint density at radius 1 is 1.00 bits per heavy atom. The van der Waals surface area contributed by atoms with Gasteiger partial charge in [-0.3, -0.25) is 9.59 Å². The van der Waals surface area contributed by atoms with Gasteiger partial charge in [0.1, 0.15) is 5.75 Å². The molecule has 0 radical (unpaired) electrons. The van der Waals surface area contributed by atoms with Crippen LogP contribution in [0.4, 0.5) is 5.69 Å². The summed E-state index contributed by atoms with van der Waals surface area (Å²) in [5.41, 5.74) is 3.65. The van der Waals surface area contributed by atoms with E-state index >= 15 is 0 Å². The summed E-state index contributed by atoms with van der Waals surface area (Å²) in [6, 6.07) is 13.4. The molecule has 0 spiro atoms. The zero-order chi connectivity index (χ0) is 21.0. The second-order valence-electron chi connectivity index (χ2n) is 8.23. The average Bonchev–Trinajstić information content (AvgIpc) is 3.50. The molecule has 5 heteroatoms. The Morgan fingerprint density at radius 2 is 1.62 bits per heavy atom. The van der Waals surface area contributed by atoms with Crippen LogP contribution >= 0.6 is 0 Å². The minimum absolute atomic E-state index is 0.102. The van der Waals surface area contributed by atoms with Crippen molar-refractivity contribution in [2.45, 2.75) is 58.4 Å². The van der Waals surface area contributed by atoms with E-state index in [9.17, 15) is 9.59 Å². The smallest absolute Gasteiger partial charge is 0.262 e. The Balaban J connectivity index is 1.65. The normalized spacial score (nSPS) is 13.4. The van der Waals surface area contributed by atoms with Crippen LogP contribution in [0.15, 0.2) is 42.5 Å². The Bertz CT molecular complexity index is 859. The lowest BCUT2D eigenvalue weighted by molar-refractivity contribution is -0.118. The van der Waals surface area contributed by atoms with Crippen LogP contribution in [0.5, 0.6) is 5.75 Å². The lowest BCUT2D eigenvalue weighted by Crippen LogP contribution is -2.25. The van der Waals surface area contributed by atoms with Crippen LogP contribution < -0.4 is 15.4 Å². The highest BCUT2D eigenvalue weighted by molar-refractivity contribution is 5.95. The van der Waals surface area contributed by atoms with Gasteiger partial charge in [-0.2, -0.15) is 0 Å². The molecule has 0 aromatic heterocycles. The van der Waals surface area contributed by atoms with Crippen LogP contribution in [0.1, 0.15) is 73.9 Å². The van der Waals surface area contributed by atoms with Gasteiger partial charge >= 0.3 is 0 Å². The maximum absolute atomic E-state index is 12.6. The molecule has 1 aliphatic carbocycles. The number of amides is 2. The third-order valence-corrected chi connectivity index (χ3v) is 5.02. The lowest BCUT2D eigenvalue weighted by Gasteiger charge is -2.20. The highest BCUT2D eigenvalue weighted by atomic mass is 16.5. The van der Waals surface area contributed by atoms with Gasteiger partial charge in [-0.15, -0.1) is 0 Å².